The molecule has 0 fully saturated rings. The van der Waals surface area contributed by atoms with E-state index in [1.54, 1.807) is 0 Å². The van der Waals surface area contributed by atoms with Gasteiger partial charge < -0.3 is 9.47 Å². The number of hydrogen-bond acceptors (Lipinski definition) is 2. The van der Waals surface area contributed by atoms with Gasteiger partial charge in [-0.2, -0.15) is 0 Å². The Labute approximate surface area is 191 Å². The van der Waals surface area contributed by atoms with Gasteiger partial charge >= 0.3 is 0 Å². The number of unbranched alkanes of at least 4 members (excludes halogenated alkanes) is 7. The minimum Gasteiger partial charge on any atom is -0.353 e. The average molecular weight is 427 g/mol. The van der Waals surface area contributed by atoms with Gasteiger partial charge in [0.1, 0.15) is 0 Å². The summed E-state index contributed by atoms with van der Waals surface area (Å²) in [6.45, 7) is 11.6. The molecule has 0 rings (SSSR count). The summed E-state index contributed by atoms with van der Waals surface area (Å²) in [5, 5.41) is 0. The monoisotopic (exact) mass is 426 g/mol. The Morgan fingerprint density at radius 2 is 1.07 bits per heavy atom. The first-order chi connectivity index (χ1) is 14.6. The summed E-state index contributed by atoms with van der Waals surface area (Å²) in [7, 11) is 3.80. The van der Waals surface area contributed by atoms with E-state index in [9.17, 15) is 0 Å². The zero-order valence-electron chi connectivity index (χ0n) is 22.1. The molecule has 3 unspecified atom stereocenters. The SMILES string of the molecule is CCCCCCCCC(CC(CC)CCCC)C(CC(CC)CCCC)(OC)OC. The predicted octanol–water partition coefficient (Wildman–Crippen LogP) is 9.56. The van der Waals surface area contributed by atoms with E-state index in [4.69, 9.17) is 9.47 Å². The quantitative estimate of drug-likeness (QED) is 0.127. The Bertz CT molecular complexity index is 351. The van der Waals surface area contributed by atoms with Crippen molar-refractivity contribution < 1.29 is 9.47 Å². The fraction of sp³-hybridized carbons (Fsp3) is 1.00. The standard InChI is InChI=1S/C28H58O2/c1-8-13-16-17-18-19-22-27(23-25(11-4)20-14-9-2)28(29-6,30-7)24-26(12-5)21-15-10-3/h25-27H,8-24H2,1-7H3. The van der Waals surface area contributed by atoms with Gasteiger partial charge in [0.2, 0.25) is 0 Å². The van der Waals surface area contributed by atoms with E-state index >= 15 is 0 Å². The molecule has 0 N–H and O–H groups in total. The lowest BCUT2D eigenvalue weighted by Gasteiger charge is -2.42. The molecule has 0 aromatic rings. The molecular weight excluding hydrogens is 368 g/mol. The lowest BCUT2D eigenvalue weighted by molar-refractivity contribution is -0.255. The van der Waals surface area contributed by atoms with Crippen molar-refractivity contribution in [3.8, 4) is 0 Å². The van der Waals surface area contributed by atoms with E-state index in [2.05, 4.69) is 34.6 Å². The van der Waals surface area contributed by atoms with Gasteiger partial charge in [0.05, 0.1) is 0 Å². The highest BCUT2D eigenvalue weighted by atomic mass is 16.7. The largest absolute Gasteiger partial charge is 0.353 e. The van der Waals surface area contributed by atoms with Crippen molar-refractivity contribution in [1.29, 1.82) is 0 Å². The fourth-order valence-electron chi connectivity index (χ4n) is 5.17. The highest BCUT2D eigenvalue weighted by Gasteiger charge is 2.41. The Hall–Kier alpha value is -0.0800. The van der Waals surface area contributed by atoms with E-state index in [-0.39, 0.29) is 0 Å². The van der Waals surface area contributed by atoms with Crippen LogP contribution in [0.25, 0.3) is 0 Å². The molecule has 2 nitrogen and oxygen atoms in total. The lowest BCUT2D eigenvalue weighted by atomic mass is 9.77. The zero-order valence-corrected chi connectivity index (χ0v) is 22.1. The number of hydrogen-bond donors (Lipinski definition) is 0. The van der Waals surface area contributed by atoms with Crippen LogP contribution in [0.15, 0.2) is 0 Å². The van der Waals surface area contributed by atoms with Crippen molar-refractivity contribution in [2.45, 2.75) is 150 Å². The Kier molecular flexibility index (Phi) is 19.5. The molecular formula is C28H58O2. The average Bonchev–Trinajstić information content (AvgIpc) is 2.78. The van der Waals surface area contributed by atoms with Crippen molar-refractivity contribution in [2.75, 3.05) is 14.2 Å². The molecule has 0 amide bonds. The summed E-state index contributed by atoms with van der Waals surface area (Å²) < 4.78 is 12.6. The van der Waals surface area contributed by atoms with Crippen molar-refractivity contribution in [3.63, 3.8) is 0 Å². The van der Waals surface area contributed by atoms with Crippen LogP contribution in [0.3, 0.4) is 0 Å². The van der Waals surface area contributed by atoms with Gasteiger partial charge in [0, 0.05) is 26.6 Å². The minimum atomic E-state index is -0.405. The van der Waals surface area contributed by atoms with E-state index in [0.717, 1.165) is 12.3 Å². The Morgan fingerprint density at radius 3 is 1.57 bits per heavy atom. The van der Waals surface area contributed by atoms with Crippen molar-refractivity contribution in [2.24, 2.45) is 17.8 Å². The molecule has 0 radical (unpaired) electrons. The van der Waals surface area contributed by atoms with Crippen LogP contribution in [0.5, 0.6) is 0 Å². The van der Waals surface area contributed by atoms with Crippen LogP contribution in [0.2, 0.25) is 0 Å². The van der Waals surface area contributed by atoms with Crippen LogP contribution in [-0.4, -0.2) is 20.0 Å². The second-order valence-corrected chi connectivity index (χ2v) is 9.75. The van der Waals surface area contributed by atoms with Crippen LogP contribution in [0.4, 0.5) is 0 Å². The smallest absolute Gasteiger partial charge is 0.170 e. The van der Waals surface area contributed by atoms with E-state index in [0.29, 0.717) is 11.8 Å². The van der Waals surface area contributed by atoms with Gasteiger partial charge in [0.25, 0.3) is 0 Å². The third kappa shape index (κ3) is 12.1. The van der Waals surface area contributed by atoms with E-state index < -0.39 is 5.79 Å². The molecule has 0 saturated heterocycles. The first-order valence-corrected chi connectivity index (χ1v) is 13.7. The summed E-state index contributed by atoms with van der Waals surface area (Å²) in [4.78, 5) is 0. The van der Waals surface area contributed by atoms with Crippen LogP contribution >= 0.6 is 0 Å². The number of ether oxygens (including phenoxy) is 2. The fourth-order valence-corrected chi connectivity index (χ4v) is 5.17. The molecule has 3 atom stereocenters. The summed E-state index contributed by atoms with van der Waals surface area (Å²) in [5.41, 5.74) is 0. The van der Waals surface area contributed by atoms with Crippen LogP contribution < -0.4 is 0 Å². The highest BCUT2D eigenvalue weighted by molar-refractivity contribution is 4.84. The van der Waals surface area contributed by atoms with Crippen LogP contribution in [0.1, 0.15) is 144 Å². The first kappa shape index (κ1) is 29.9. The molecule has 0 bridgehead atoms. The van der Waals surface area contributed by atoms with Crippen LogP contribution in [-0.2, 0) is 9.47 Å². The molecule has 0 aromatic heterocycles. The van der Waals surface area contributed by atoms with Gasteiger partial charge in [-0.3, -0.25) is 0 Å². The summed E-state index contributed by atoms with van der Waals surface area (Å²) in [5.74, 6) is 1.61. The molecule has 0 aliphatic rings. The lowest BCUT2D eigenvalue weighted by Crippen LogP contribution is -2.44. The third-order valence-corrected chi connectivity index (χ3v) is 7.50. The Balaban J connectivity index is 5.29. The molecule has 0 saturated carbocycles. The number of methoxy groups -OCH3 is 2. The predicted molar refractivity (Wildman–Crippen MR) is 134 cm³/mol. The molecule has 2 heteroatoms. The molecule has 0 aliphatic heterocycles. The van der Waals surface area contributed by atoms with Crippen molar-refractivity contribution >= 4 is 0 Å². The Morgan fingerprint density at radius 1 is 0.567 bits per heavy atom. The maximum atomic E-state index is 6.28. The van der Waals surface area contributed by atoms with E-state index in [1.807, 2.05) is 14.2 Å². The zero-order chi connectivity index (χ0) is 22.7. The first-order valence-electron chi connectivity index (χ1n) is 13.7. The van der Waals surface area contributed by atoms with Crippen LogP contribution in [0, 0.1) is 17.8 Å². The summed E-state index contributed by atoms with van der Waals surface area (Å²) in [6, 6.07) is 0. The molecule has 0 heterocycles. The van der Waals surface area contributed by atoms with Gasteiger partial charge in [-0.15, -0.1) is 0 Å². The van der Waals surface area contributed by atoms with Gasteiger partial charge in [-0.05, 0) is 24.7 Å². The second-order valence-electron chi connectivity index (χ2n) is 9.75. The van der Waals surface area contributed by atoms with Gasteiger partial charge in [-0.1, -0.05) is 125 Å². The van der Waals surface area contributed by atoms with Crippen molar-refractivity contribution in [1.82, 2.24) is 0 Å². The van der Waals surface area contributed by atoms with Gasteiger partial charge in [-0.25, -0.2) is 0 Å². The maximum absolute atomic E-state index is 6.28. The van der Waals surface area contributed by atoms with E-state index in [1.165, 1.54) is 103 Å². The second kappa shape index (κ2) is 19.6. The summed E-state index contributed by atoms with van der Waals surface area (Å²) >= 11 is 0. The minimum absolute atomic E-state index is 0.405. The maximum Gasteiger partial charge on any atom is 0.170 e. The molecule has 30 heavy (non-hydrogen) atoms. The normalized spacial score (nSPS) is 15.3. The summed E-state index contributed by atoms with van der Waals surface area (Å²) in [6.07, 6.45) is 22.1. The highest BCUT2D eigenvalue weighted by Crippen LogP contribution is 2.40. The molecule has 182 valence electrons. The number of rotatable bonds is 22. The molecule has 0 aliphatic carbocycles. The topological polar surface area (TPSA) is 18.5 Å². The van der Waals surface area contributed by atoms with Crippen molar-refractivity contribution in [3.05, 3.63) is 0 Å². The molecule has 0 spiro atoms. The van der Waals surface area contributed by atoms with Gasteiger partial charge in [0.15, 0.2) is 5.79 Å². The molecule has 0 aromatic carbocycles. The third-order valence-electron chi connectivity index (χ3n) is 7.50.